The minimum atomic E-state index is -2.91. The molecule has 132 valence electrons. The molecule has 0 saturated carbocycles. The van der Waals surface area contributed by atoms with Gasteiger partial charge in [0.25, 0.3) is 0 Å². The fourth-order valence-electron chi connectivity index (χ4n) is 2.36. The fourth-order valence-corrected chi connectivity index (χ4v) is 3.46. The number of nitrogens with one attached hydrogen (secondary N) is 1. The number of pyridine rings is 1. The van der Waals surface area contributed by atoms with Gasteiger partial charge in [0, 0.05) is 29.0 Å². The van der Waals surface area contributed by atoms with Gasteiger partial charge >= 0.3 is 11.8 Å². The van der Waals surface area contributed by atoms with Crippen molar-refractivity contribution in [3.8, 4) is 11.5 Å². The quantitative estimate of drug-likeness (QED) is 0.677. The van der Waals surface area contributed by atoms with Gasteiger partial charge < -0.3 is 14.0 Å². The molecule has 2 aromatic heterocycles. The number of methoxy groups -OCH3 is 1. The molecule has 1 atom stereocenters. The van der Waals surface area contributed by atoms with E-state index in [1.165, 1.54) is 12.1 Å². The molecular formula is C16H15F2N3O3S. The van der Waals surface area contributed by atoms with E-state index in [-0.39, 0.29) is 16.7 Å². The molecule has 9 heteroatoms. The van der Waals surface area contributed by atoms with E-state index in [0.29, 0.717) is 22.5 Å². The maximum Gasteiger partial charge on any atom is 0.387 e. The molecule has 1 N–H and O–H groups in total. The molecule has 0 spiro atoms. The number of fused-ring (bicyclic) bond motifs is 1. The van der Waals surface area contributed by atoms with Gasteiger partial charge in [-0.25, -0.2) is 0 Å². The van der Waals surface area contributed by atoms with E-state index in [1.807, 2.05) is 6.92 Å². The number of aromatic nitrogens is 3. The molecule has 0 amide bonds. The topological polar surface area (TPSA) is 83.1 Å². The molecule has 0 saturated heterocycles. The molecule has 1 aromatic carbocycles. The van der Waals surface area contributed by atoms with Crippen LogP contribution in [0.1, 0.15) is 11.3 Å². The highest BCUT2D eigenvalue weighted by Gasteiger charge is 2.20. The minimum absolute atomic E-state index is 0.00311. The minimum Gasteiger partial charge on any atom is -0.609 e. The Kier molecular flexibility index (Phi) is 5.05. The molecule has 0 aliphatic rings. The molecular weight excluding hydrogens is 352 g/mol. The van der Waals surface area contributed by atoms with Crippen molar-refractivity contribution < 1.29 is 22.8 Å². The molecule has 2 heterocycles. The van der Waals surface area contributed by atoms with Crippen LogP contribution in [0.25, 0.3) is 11.0 Å². The third-order valence-electron chi connectivity index (χ3n) is 3.62. The summed E-state index contributed by atoms with van der Waals surface area (Å²) in [6.07, 6.45) is 1.59. The summed E-state index contributed by atoms with van der Waals surface area (Å²) in [7, 11) is 1.56. The van der Waals surface area contributed by atoms with Gasteiger partial charge in [-0.3, -0.25) is 9.97 Å². The standard InChI is InChI=1S/C16H15F2N3O3S/c1-9-13(19-6-5-14(9)23-2)8-25(22)16-20-11-4-3-10(24-15(17)18)7-12(11)21-16/h3-7,15H,8H2,1-2H3,(H,20,21)/t25-/m1/s1. The zero-order valence-electron chi connectivity index (χ0n) is 13.5. The van der Waals surface area contributed by atoms with Gasteiger partial charge in [0.05, 0.1) is 23.8 Å². The Labute approximate surface area is 145 Å². The molecule has 0 aliphatic carbocycles. The first kappa shape index (κ1) is 17.4. The number of alkyl halides is 2. The van der Waals surface area contributed by atoms with Gasteiger partial charge in [0.15, 0.2) is 5.75 Å². The molecule has 0 radical (unpaired) electrons. The summed E-state index contributed by atoms with van der Waals surface area (Å²) in [6, 6.07) is 6.05. The second-order valence-electron chi connectivity index (χ2n) is 5.17. The van der Waals surface area contributed by atoms with Crippen molar-refractivity contribution in [2.75, 3.05) is 7.11 Å². The van der Waals surface area contributed by atoms with Crippen LogP contribution in [0, 0.1) is 6.92 Å². The SMILES string of the molecule is COc1ccnc(C[S@@+]([O-])c2nc3cc(OC(F)F)ccc3[nH]2)c1C. The molecule has 0 unspecified atom stereocenters. The third-order valence-corrected chi connectivity index (χ3v) is 4.78. The molecule has 0 aliphatic heterocycles. The summed E-state index contributed by atoms with van der Waals surface area (Å²) in [6.45, 7) is -1.07. The maximum absolute atomic E-state index is 12.6. The van der Waals surface area contributed by atoms with Gasteiger partial charge in [0.1, 0.15) is 11.5 Å². The lowest BCUT2D eigenvalue weighted by Gasteiger charge is -2.10. The number of hydrogen-bond donors (Lipinski definition) is 1. The lowest BCUT2D eigenvalue weighted by Crippen LogP contribution is -2.10. The molecule has 3 rings (SSSR count). The number of H-pyrrole nitrogens is 1. The number of rotatable bonds is 6. The normalized spacial score (nSPS) is 12.6. The number of nitrogens with zero attached hydrogens (tertiary/aromatic N) is 2. The molecule has 6 nitrogen and oxygen atoms in total. The first-order valence-corrected chi connectivity index (χ1v) is 8.61. The van der Waals surface area contributed by atoms with Crippen molar-refractivity contribution in [2.24, 2.45) is 0 Å². The van der Waals surface area contributed by atoms with E-state index >= 15 is 0 Å². The predicted octanol–water partition coefficient (Wildman–Crippen LogP) is 3.18. The van der Waals surface area contributed by atoms with E-state index in [2.05, 4.69) is 19.7 Å². The van der Waals surface area contributed by atoms with Crippen molar-refractivity contribution in [1.29, 1.82) is 0 Å². The van der Waals surface area contributed by atoms with Crippen LogP contribution < -0.4 is 9.47 Å². The monoisotopic (exact) mass is 367 g/mol. The second kappa shape index (κ2) is 7.24. The first-order chi connectivity index (χ1) is 12.0. The van der Waals surface area contributed by atoms with Crippen LogP contribution in [-0.4, -0.2) is 33.2 Å². The summed E-state index contributed by atoms with van der Waals surface area (Å²) in [5.74, 6) is 0.820. The smallest absolute Gasteiger partial charge is 0.387 e. The lowest BCUT2D eigenvalue weighted by atomic mass is 10.2. The Balaban J connectivity index is 1.83. The van der Waals surface area contributed by atoms with Gasteiger partial charge in [0.2, 0.25) is 0 Å². The highest BCUT2D eigenvalue weighted by Crippen LogP contribution is 2.25. The number of aromatic amines is 1. The Bertz CT molecular complexity index is 888. The molecule has 3 aromatic rings. The number of ether oxygens (including phenoxy) is 2. The average Bonchev–Trinajstić information content (AvgIpc) is 2.99. The highest BCUT2D eigenvalue weighted by molar-refractivity contribution is 7.90. The van der Waals surface area contributed by atoms with Gasteiger partial charge in [-0.1, -0.05) is 0 Å². The van der Waals surface area contributed by atoms with Crippen LogP contribution in [0.3, 0.4) is 0 Å². The lowest BCUT2D eigenvalue weighted by molar-refractivity contribution is -0.0497. The average molecular weight is 367 g/mol. The van der Waals surface area contributed by atoms with Crippen LogP contribution in [0.5, 0.6) is 11.5 Å². The molecule has 0 fully saturated rings. The van der Waals surface area contributed by atoms with E-state index in [9.17, 15) is 13.3 Å². The van der Waals surface area contributed by atoms with Crippen LogP contribution in [0.2, 0.25) is 0 Å². The van der Waals surface area contributed by atoms with Crippen LogP contribution >= 0.6 is 0 Å². The van der Waals surface area contributed by atoms with Crippen molar-refractivity contribution in [1.82, 2.24) is 15.0 Å². The predicted molar refractivity (Wildman–Crippen MR) is 88.4 cm³/mol. The Morgan fingerprint density at radius 1 is 1.32 bits per heavy atom. The first-order valence-electron chi connectivity index (χ1n) is 7.29. The van der Waals surface area contributed by atoms with E-state index in [4.69, 9.17) is 4.74 Å². The van der Waals surface area contributed by atoms with Crippen molar-refractivity contribution >= 4 is 22.2 Å². The van der Waals surface area contributed by atoms with Crippen LogP contribution in [0.4, 0.5) is 8.78 Å². The molecule has 25 heavy (non-hydrogen) atoms. The maximum atomic E-state index is 12.6. The largest absolute Gasteiger partial charge is 0.609 e. The summed E-state index contributed by atoms with van der Waals surface area (Å²) in [5.41, 5.74) is 2.43. The Hall–Kier alpha value is -2.39. The van der Waals surface area contributed by atoms with E-state index < -0.39 is 17.8 Å². The fraction of sp³-hybridized carbons (Fsp3) is 0.250. The van der Waals surface area contributed by atoms with E-state index in [1.54, 1.807) is 25.4 Å². The van der Waals surface area contributed by atoms with Gasteiger partial charge in [-0.2, -0.15) is 13.8 Å². The number of imidazole rings is 1. The zero-order valence-corrected chi connectivity index (χ0v) is 14.3. The van der Waals surface area contributed by atoms with Gasteiger partial charge in [-0.05, 0) is 25.1 Å². The number of benzene rings is 1. The second-order valence-corrected chi connectivity index (χ2v) is 6.54. The summed E-state index contributed by atoms with van der Waals surface area (Å²) < 4.78 is 46.7. The third kappa shape index (κ3) is 3.83. The van der Waals surface area contributed by atoms with Crippen molar-refractivity contribution in [3.05, 3.63) is 41.7 Å². The van der Waals surface area contributed by atoms with Crippen molar-refractivity contribution in [2.45, 2.75) is 24.4 Å². The Morgan fingerprint density at radius 2 is 2.12 bits per heavy atom. The van der Waals surface area contributed by atoms with E-state index in [0.717, 1.165) is 5.56 Å². The Morgan fingerprint density at radius 3 is 2.84 bits per heavy atom. The summed E-state index contributed by atoms with van der Waals surface area (Å²) in [4.78, 5) is 11.4. The number of hydrogen-bond acceptors (Lipinski definition) is 5. The zero-order chi connectivity index (χ0) is 18.0. The number of halogens is 2. The van der Waals surface area contributed by atoms with Crippen LogP contribution in [-0.2, 0) is 16.9 Å². The highest BCUT2D eigenvalue weighted by atomic mass is 32.2. The summed E-state index contributed by atoms with van der Waals surface area (Å²) >= 11 is -1.48. The van der Waals surface area contributed by atoms with Gasteiger partial charge in [-0.15, -0.1) is 0 Å². The molecule has 0 bridgehead atoms. The van der Waals surface area contributed by atoms with Crippen molar-refractivity contribution in [3.63, 3.8) is 0 Å². The summed E-state index contributed by atoms with van der Waals surface area (Å²) in [5, 5.41) is 0.244. The van der Waals surface area contributed by atoms with Crippen LogP contribution in [0.15, 0.2) is 35.6 Å².